The van der Waals surface area contributed by atoms with Crippen LogP contribution in [0.1, 0.15) is 11.3 Å². The van der Waals surface area contributed by atoms with Crippen LogP contribution in [-0.4, -0.2) is 37.5 Å². The zero-order chi connectivity index (χ0) is 14.4. The molecule has 3 aromatic heterocycles. The molecular formula is C15H18N6. The third-order valence-electron chi connectivity index (χ3n) is 3.96. The molecule has 0 spiro atoms. The van der Waals surface area contributed by atoms with Gasteiger partial charge in [0.25, 0.3) is 0 Å². The van der Waals surface area contributed by atoms with Crippen molar-refractivity contribution in [2.45, 2.75) is 20.4 Å². The fourth-order valence-electron chi connectivity index (χ4n) is 2.96. The van der Waals surface area contributed by atoms with E-state index in [2.05, 4.69) is 39.3 Å². The summed E-state index contributed by atoms with van der Waals surface area (Å²) in [6, 6.07) is 2.09. The fourth-order valence-corrected chi connectivity index (χ4v) is 2.96. The van der Waals surface area contributed by atoms with Crippen LogP contribution in [0.4, 0.5) is 5.82 Å². The molecule has 0 unspecified atom stereocenters. The molecule has 1 saturated heterocycles. The summed E-state index contributed by atoms with van der Waals surface area (Å²) in [4.78, 5) is 6.85. The Labute approximate surface area is 123 Å². The lowest BCUT2D eigenvalue weighted by Crippen LogP contribution is -2.49. The summed E-state index contributed by atoms with van der Waals surface area (Å²) in [5, 5.41) is 8.80. The van der Waals surface area contributed by atoms with E-state index in [1.165, 1.54) is 5.56 Å². The second kappa shape index (κ2) is 4.58. The lowest BCUT2D eigenvalue weighted by molar-refractivity contribution is 0.340. The van der Waals surface area contributed by atoms with Crippen molar-refractivity contribution in [2.24, 2.45) is 5.92 Å². The first-order chi connectivity index (χ1) is 10.2. The Hall–Kier alpha value is -2.37. The molecule has 1 aliphatic heterocycles. The zero-order valence-electron chi connectivity index (χ0n) is 12.3. The largest absolute Gasteiger partial charge is 0.354 e. The summed E-state index contributed by atoms with van der Waals surface area (Å²) in [6.45, 7) is 7.11. The fraction of sp³-hybridized carbons (Fsp3) is 0.400. The highest BCUT2D eigenvalue weighted by atomic mass is 15.3. The van der Waals surface area contributed by atoms with Crippen LogP contribution in [-0.2, 0) is 6.54 Å². The maximum atomic E-state index is 4.53. The third kappa shape index (κ3) is 2.16. The van der Waals surface area contributed by atoms with E-state index in [-0.39, 0.29) is 0 Å². The third-order valence-corrected chi connectivity index (χ3v) is 3.96. The molecule has 6 heteroatoms. The lowest BCUT2D eigenvalue weighted by Gasteiger charge is -2.40. The number of fused-ring (bicyclic) bond motifs is 1. The van der Waals surface area contributed by atoms with Crippen LogP contribution in [0.2, 0.25) is 0 Å². The molecular weight excluding hydrogens is 264 g/mol. The number of hydrogen-bond donors (Lipinski definition) is 0. The molecule has 0 N–H and O–H groups in total. The first kappa shape index (κ1) is 12.4. The van der Waals surface area contributed by atoms with Crippen molar-refractivity contribution in [1.29, 1.82) is 0 Å². The Morgan fingerprint density at radius 1 is 1.29 bits per heavy atom. The van der Waals surface area contributed by atoms with E-state index in [9.17, 15) is 0 Å². The SMILES string of the molecule is Cc1cnn(CC2CN(c3nccn4nc(C)cc34)C2)c1. The number of anilines is 1. The smallest absolute Gasteiger partial charge is 0.154 e. The van der Waals surface area contributed by atoms with Gasteiger partial charge in [0, 0.05) is 44.1 Å². The van der Waals surface area contributed by atoms with Crippen molar-refractivity contribution < 1.29 is 0 Å². The summed E-state index contributed by atoms with van der Waals surface area (Å²) >= 11 is 0. The summed E-state index contributed by atoms with van der Waals surface area (Å²) in [7, 11) is 0. The minimum atomic E-state index is 0.635. The van der Waals surface area contributed by atoms with Gasteiger partial charge in [0.05, 0.1) is 11.9 Å². The van der Waals surface area contributed by atoms with Crippen molar-refractivity contribution in [3.05, 3.63) is 42.1 Å². The summed E-state index contributed by atoms with van der Waals surface area (Å²) in [5.74, 6) is 1.67. The summed E-state index contributed by atoms with van der Waals surface area (Å²) in [6.07, 6.45) is 7.73. The predicted molar refractivity (Wildman–Crippen MR) is 80.4 cm³/mol. The average molecular weight is 282 g/mol. The second-order valence-corrected chi connectivity index (χ2v) is 5.88. The van der Waals surface area contributed by atoms with Gasteiger partial charge in [-0.25, -0.2) is 9.50 Å². The molecule has 0 aromatic carbocycles. The number of nitrogens with zero attached hydrogens (tertiary/aromatic N) is 6. The Balaban J connectivity index is 1.49. The summed E-state index contributed by atoms with van der Waals surface area (Å²) < 4.78 is 3.94. The Morgan fingerprint density at radius 2 is 2.14 bits per heavy atom. The van der Waals surface area contributed by atoms with E-state index in [1.54, 1.807) is 0 Å². The van der Waals surface area contributed by atoms with E-state index in [0.717, 1.165) is 36.7 Å². The molecule has 0 amide bonds. The monoisotopic (exact) mass is 282 g/mol. The molecule has 108 valence electrons. The van der Waals surface area contributed by atoms with Crippen LogP contribution in [0.5, 0.6) is 0 Å². The molecule has 0 saturated carbocycles. The highest BCUT2D eigenvalue weighted by Crippen LogP contribution is 2.27. The number of aryl methyl sites for hydroxylation is 2. The van der Waals surface area contributed by atoms with E-state index in [0.29, 0.717) is 5.92 Å². The van der Waals surface area contributed by atoms with Gasteiger partial charge < -0.3 is 4.90 Å². The molecule has 0 bridgehead atoms. The van der Waals surface area contributed by atoms with Gasteiger partial charge in [-0.3, -0.25) is 4.68 Å². The van der Waals surface area contributed by atoms with Gasteiger partial charge in [0.2, 0.25) is 0 Å². The molecule has 3 aromatic rings. The number of aromatic nitrogens is 5. The standard InChI is InChI=1S/C15H18N6/c1-11-6-17-20(7-11)10-13-8-19(9-13)15-14-5-12(2)18-21(14)4-3-16-15/h3-7,13H,8-10H2,1-2H3. The number of hydrogen-bond acceptors (Lipinski definition) is 4. The van der Waals surface area contributed by atoms with Gasteiger partial charge in [0.15, 0.2) is 5.82 Å². The van der Waals surface area contributed by atoms with Crippen LogP contribution in [0.15, 0.2) is 30.9 Å². The van der Waals surface area contributed by atoms with Crippen LogP contribution >= 0.6 is 0 Å². The predicted octanol–water partition coefficient (Wildman–Crippen LogP) is 1.68. The van der Waals surface area contributed by atoms with Gasteiger partial charge in [-0.1, -0.05) is 0 Å². The maximum Gasteiger partial charge on any atom is 0.154 e. The van der Waals surface area contributed by atoms with E-state index < -0.39 is 0 Å². The quantitative estimate of drug-likeness (QED) is 0.733. The second-order valence-electron chi connectivity index (χ2n) is 5.88. The average Bonchev–Trinajstić information content (AvgIpc) is 2.98. The van der Waals surface area contributed by atoms with Gasteiger partial charge in [0.1, 0.15) is 5.52 Å². The van der Waals surface area contributed by atoms with E-state index in [1.807, 2.05) is 34.7 Å². The Bertz CT molecular complexity index is 780. The molecule has 0 radical (unpaired) electrons. The van der Waals surface area contributed by atoms with Crippen LogP contribution in [0.3, 0.4) is 0 Å². The van der Waals surface area contributed by atoms with Crippen molar-refractivity contribution in [2.75, 3.05) is 18.0 Å². The van der Waals surface area contributed by atoms with Crippen molar-refractivity contribution in [1.82, 2.24) is 24.4 Å². The first-order valence-electron chi connectivity index (χ1n) is 7.24. The lowest BCUT2D eigenvalue weighted by atomic mass is 10.0. The first-order valence-corrected chi connectivity index (χ1v) is 7.24. The van der Waals surface area contributed by atoms with Gasteiger partial charge in [-0.05, 0) is 25.5 Å². The minimum absolute atomic E-state index is 0.635. The van der Waals surface area contributed by atoms with E-state index in [4.69, 9.17) is 0 Å². The molecule has 0 aliphatic carbocycles. The minimum Gasteiger partial charge on any atom is -0.354 e. The molecule has 1 fully saturated rings. The topological polar surface area (TPSA) is 51.2 Å². The zero-order valence-corrected chi connectivity index (χ0v) is 12.3. The molecule has 6 nitrogen and oxygen atoms in total. The van der Waals surface area contributed by atoms with Crippen LogP contribution in [0, 0.1) is 19.8 Å². The number of rotatable bonds is 3. The van der Waals surface area contributed by atoms with Crippen LogP contribution in [0.25, 0.3) is 5.52 Å². The van der Waals surface area contributed by atoms with Gasteiger partial charge in [-0.2, -0.15) is 10.2 Å². The maximum absolute atomic E-state index is 4.53. The molecule has 21 heavy (non-hydrogen) atoms. The highest BCUT2D eigenvalue weighted by molar-refractivity contribution is 5.69. The molecule has 4 rings (SSSR count). The van der Waals surface area contributed by atoms with Crippen molar-refractivity contribution in [3.63, 3.8) is 0 Å². The van der Waals surface area contributed by atoms with E-state index >= 15 is 0 Å². The molecule has 4 heterocycles. The van der Waals surface area contributed by atoms with Crippen LogP contribution < -0.4 is 4.90 Å². The summed E-state index contributed by atoms with van der Waals surface area (Å²) in [5.41, 5.74) is 3.32. The normalized spacial score (nSPS) is 15.6. The molecule has 1 aliphatic rings. The molecule has 0 atom stereocenters. The Morgan fingerprint density at radius 3 is 2.90 bits per heavy atom. The van der Waals surface area contributed by atoms with Crippen molar-refractivity contribution in [3.8, 4) is 0 Å². The van der Waals surface area contributed by atoms with Gasteiger partial charge >= 0.3 is 0 Å². The van der Waals surface area contributed by atoms with Crippen molar-refractivity contribution >= 4 is 11.3 Å². The highest BCUT2D eigenvalue weighted by Gasteiger charge is 2.29. The van der Waals surface area contributed by atoms with Gasteiger partial charge in [-0.15, -0.1) is 0 Å². The Kier molecular flexibility index (Phi) is 2.70.